The van der Waals surface area contributed by atoms with Crippen LogP contribution in [0.15, 0.2) is 48.5 Å². The van der Waals surface area contributed by atoms with Crippen molar-refractivity contribution in [3.8, 4) is 11.1 Å². The smallest absolute Gasteiger partial charge is 0.335 e. The maximum atomic E-state index is 13.2. The maximum Gasteiger partial charge on any atom is 0.335 e. The largest absolute Gasteiger partial charge is 0.478 e. The number of aromatic carboxylic acids is 1. The number of hydrogen-bond acceptors (Lipinski definition) is 3. The van der Waals surface area contributed by atoms with Gasteiger partial charge in [-0.2, -0.15) is 0 Å². The molecule has 4 rings (SSSR count). The van der Waals surface area contributed by atoms with Crippen LogP contribution < -0.4 is 0 Å². The Kier molecular flexibility index (Phi) is 5.98. The molecule has 2 aliphatic rings. The molecule has 2 fully saturated rings. The first-order valence-electron chi connectivity index (χ1n) is 10.8. The Bertz CT molecular complexity index is 1000. The van der Waals surface area contributed by atoms with Crippen molar-refractivity contribution in [3.05, 3.63) is 59.7 Å². The number of carboxylic acids is 1. The first kappa shape index (κ1) is 21.1. The van der Waals surface area contributed by atoms with E-state index < -0.39 is 16.0 Å². The zero-order valence-corrected chi connectivity index (χ0v) is 18.0. The number of nitrogens with zero attached hydrogens (tertiary/aromatic N) is 1. The topological polar surface area (TPSA) is 74.7 Å². The summed E-state index contributed by atoms with van der Waals surface area (Å²) < 4.78 is 27.9. The van der Waals surface area contributed by atoms with E-state index in [9.17, 15) is 18.3 Å². The van der Waals surface area contributed by atoms with Gasteiger partial charge in [0.15, 0.2) is 0 Å². The van der Waals surface area contributed by atoms with Crippen LogP contribution in [0.2, 0.25) is 0 Å². The van der Waals surface area contributed by atoms with Crippen LogP contribution in [-0.4, -0.2) is 36.9 Å². The first-order chi connectivity index (χ1) is 14.4. The van der Waals surface area contributed by atoms with Crippen molar-refractivity contribution in [2.24, 2.45) is 5.41 Å². The quantitative estimate of drug-likeness (QED) is 0.734. The predicted molar refractivity (Wildman–Crippen MR) is 118 cm³/mol. The van der Waals surface area contributed by atoms with Crippen LogP contribution in [0, 0.1) is 5.41 Å². The van der Waals surface area contributed by atoms with E-state index in [1.807, 2.05) is 30.3 Å². The molecule has 2 aromatic carbocycles. The van der Waals surface area contributed by atoms with Crippen LogP contribution in [0.3, 0.4) is 0 Å². The fourth-order valence-corrected chi connectivity index (χ4v) is 6.61. The van der Waals surface area contributed by atoms with Gasteiger partial charge in [0.2, 0.25) is 10.0 Å². The van der Waals surface area contributed by atoms with E-state index in [2.05, 4.69) is 0 Å². The van der Waals surface area contributed by atoms with Gasteiger partial charge in [-0.25, -0.2) is 17.5 Å². The summed E-state index contributed by atoms with van der Waals surface area (Å²) in [7, 11) is -3.58. The fraction of sp³-hybridized carbons (Fsp3) is 0.458. The number of carboxylic acid groups (broad SMARTS) is 1. The van der Waals surface area contributed by atoms with Crippen molar-refractivity contribution >= 4 is 16.0 Å². The Labute approximate surface area is 178 Å². The first-order valence-corrected chi connectivity index (χ1v) is 12.4. The van der Waals surface area contributed by atoms with Gasteiger partial charge in [0.05, 0.1) is 11.3 Å². The number of sulfonamides is 1. The van der Waals surface area contributed by atoms with Gasteiger partial charge >= 0.3 is 5.97 Å². The number of rotatable bonds is 5. The summed E-state index contributed by atoms with van der Waals surface area (Å²) in [5.74, 6) is -1.37. The molecule has 1 N–H and O–H groups in total. The minimum atomic E-state index is -3.58. The maximum absolute atomic E-state index is 13.2. The van der Waals surface area contributed by atoms with E-state index >= 15 is 0 Å². The molecule has 6 heteroatoms. The fourth-order valence-electron chi connectivity index (χ4n) is 5.06. The Balaban J connectivity index is 1.55. The summed E-state index contributed by atoms with van der Waals surface area (Å²) >= 11 is 0. The van der Waals surface area contributed by atoms with Crippen LogP contribution in [-0.2, 0) is 15.8 Å². The second kappa shape index (κ2) is 8.52. The van der Waals surface area contributed by atoms with Gasteiger partial charge in [0.1, 0.15) is 0 Å². The lowest BCUT2D eigenvalue weighted by atomic mass is 9.68. The van der Waals surface area contributed by atoms with E-state index in [1.54, 1.807) is 16.4 Å². The van der Waals surface area contributed by atoms with E-state index in [-0.39, 0.29) is 11.3 Å². The minimum Gasteiger partial charge on any atom is -0.478 e. The highest BCUT2D eigenvalue weighted by molar-refractivity contribution is 7.88. The van der Waals surface area contributed by atoms with Gasteiger partial charge in [-0.05, 0) is 59.9 Å². The highest BCUT2D eigenvalue weighted by Crippen LogP contribution is 2.45. The molecule has 1 saturated carbocycles. The molecule has 0 radical (unpaired) electrons. The second-order valence-corrected chi connectivity index (χ2v) is 10.7. The summed E-state index contributed by atoms with van der Waals surface area (Å²) in [6.45, 7) is 1.09. The number of hydrogen-bond donors (Lipinski definition) is 1. The molecule has 5 nitrogen and oxygen atoms in total. The highest BCUT2D eigenvalue weighted by Gasteiger charge is 2.38. The van der Waals surface area contributed by atoms with Crippen molar-refractivity contribution in [2.75, 3.05) is 13.1 Å². The van der Waals surface area contributed by atoms with Crippen LogP contribution in [0.25, 0.3) is 11.1 Å². The minimum absolute atomic E-state index is 0.0546. The van der Waals surface area contributed by atoms with E-state index in [1.165, 1.54) is 38.2 Å². The van der Waals surface area contributed by atoms with Gasteiger partial charge in [-0.15, -0.1) is 0 Å². The SMILES string of the molecule is O=C(O)c1ccc(-c2ccccc2)cc1CS(=O)(=O)N1CCC2(CCCCC2)CC1. The summed E-state index contributed by atoms with van der Waals surface area (Å²) in [6.07, 6.45) is 8.05. The van der Waals surface area contributed by atoms with E-state index in [4.69, 9.17) is 0 Å². The van der Waals surface area contributed by atoms with Gasteiger partial charge in [-0.1, -0.05) is 55.7 Å². The zero-order valence-electron chi connectivity index (χ0n) is 17.2. The summed E-state index contributed by atoms with van der Waals surface area (Å²) in [5, 5.41) is 9.59. The van der Waals surface area contributed by atoms with Crippen LogP contribution in [0.5, 0.6) is 0 Å². The lowest BCUT2D eigenvalue weighted by Gasteiger charge is -2.43. The Hall–Kier alpha value is -2.18. The number of benzene rings is 2. The molecule has 1 aliphatic heterocycles. The third kappa shape index (κ3) is 4.44. The molecule has 0 bridgehead atoms. The summed E-state index contributed by atoms with van der Waals surface area (Å²) in [5.41, 5.74) is 2.49. The molecule has 160 valence electrons. The monoisotopic (exact) mass is 427 g/mol. The van der Waals surface area contributed by atoms with Crippen molar-refractivity contribution in [1.82, 2.24) is 4.31 Å². The molecule has 1 spiro atoms. The number of piperidine rings is 1. The Morgan fingerprint density at radius 2 is 1.57 bits per heavy atom. The van der Waals surface area contributed by atoms with Crippen LogP contribution in [0.1, 0.15) is 60.9 Å². The van der Waals surface area contributed by atoms with E-state index in [0.717, 1.165) is 24.0 Å². The summed E-state index contributed by atoms with van der Waals surface area (Å²) in [6, 6.07) is 14.6. The molecule has 1 heterocycles. The highest BCUT2D eigenvalue weighted by atomic mass is 32.2. The van der Waals surface area contributed by atoms with Crippen molar-refractivity contribution in [1.29, 1.82) is 0 Å². The molecule has 0 unspecified atom stereocenters. The van der Waals surface area contributed by atoms with Crippen molar-refractivity contribution in [3.63, 3.8) is 0 Å². The lowest BCUT2D eigenvalue weighted by Crippen LogP contribution is -2.44. The van der Waals surface area contributed by atoms with Crippen LogP contribution in [0.4, 0.5) is 0 Å². The standard InChI is InChI=1S/C24H29NO4S/c26-23(27)22-10-9-20(19-7-3-1-4-8-19)17-21(22)18-30(28,29)25-15-13-24(14-16-25)11-5-2-6-12-24/h1,3-4,7-10,17H,2,5-6,11-16,18H2,(H,26,27). The normalized spacial score (nSPS) is 19.6. The van der Waals surface area contributed by atoms with E-state index in [0.29, 0.717) is 24.1 Å². The third-order valence-corrected chi connectivity index (χ3v) is 8.70. The molecule has 1 aliphatic carbocycles. The van der Waals surface area contributed by atoms with Gasteiger partial charge in [0, 0.05) is 13.1 Å². The van der Waals surface area contributed by atoms with Crippen molar-refractivity contribution < 1.29 is 18.3 Å². The van der Waals surface area contributed by atoms with Gasteiger partial charge < -0.3 is 5.11 Å². The van der Waals surface area contributed by atoms with Gasteiger partial charge in [-0.3, -0.25) is 0 Å². The lowest BCUT2D eigenvalue weighted by molar-refractivity contribution is 0.0696. The molecular formula is C24H29NO4S. The molecular weight excluding hydrogens is 398 g/mol. The molecule has 0 atom stereocenters. The van der Waals surface area contributed by atoms with Gasteiger partial charge in [0.25, 0.3) is 0 Å². The molecule has 2 aromatic rings. The molecule has 0 amide bonds. The summed E-state index contributed by atoms with van der Waals surface area (Å²) in [4.78, 5) is 11.7. The Morgan fingerprint density at radius 3 is 2.20 bits per heavy atom. The van der Waals surface area contributed by atoms with Crippen molar-refractivity contribution in [2.45, 2.75) is 50.7 Å². The molecule has 1 saturated heterocycles. The molecule has 30 heavy (non-hydrogen) atoms. The Morgan fingerprint density at radius 1 is 0.900 bits per heavy atom. The average Bonchev–Trinajstić information content (AvgIpc) is 2.75. The number of carbonyl (C=O) groups is 1. The predicted octanol–water partition coefficient (Wildman–Crippen LogP) is 4.93. The molecule has 0 aromatic heterocycles. The van der Waals surface area contributed by atoms with Crippen LogP contribution >= 0.6 is 0 Å². The third-order valence-electron chi connectivity index (χ3n) is 6.87. The second-order valence-electron chi connectivity index (χ2n) is 8.76. The average molecular weight is 428 g/mol. The zero-order chi connectivity index (χ0) is 21.2.